The first kappa shape index (κ1) is 15.2. The number of benzene rings is 1. The third-order valence-electron chi connectivity index (χ3n) is 3.51. The molecule has 3 aromatic rings. The fraction of sp³-hybridized carbons (Fsp3) is 0.200. The predicted octanol–water partition coefficient (Wildman–Crippen LogP) is 0.812. The van der Waals surface area contributed by atoms with Crippen molar-refractivity contribution in [3.8, 4) is 0 Å². The largest absolute Gasteiger partial charge is 0.382 e. The van der Waals surface area contributed by atoms with Gasteiger partial charge in [0, 0.05) is 12.0 Å². The summed E-state index contributed by atoms with van der Waals surface area (Å²) in [5, 5.41) is 0. The minimum absolute atomic E-state index is 0.196. The van der Waals surface area contributed by atoms with Gasteiger partial charge in [0.2, 0.25) is 0 Å². The maximum absolute atomic E-state index is 12.3. The van der Waals surface area contributed by atoms with Crippen molar-refractivity contribution in [2.75, 3.05) is 5.73 Å². The Morgan fingerprint density at radius 1 is 1.30 bits per heavy atom. The molecule has 0 bridgehead atoms. The van der Waals surface area contributed by atoms with Crippen LogP contribution in [0.3, 0.4) is 0 Å². The predicted molar refractivity (Wildman–Crippen MR) is 90.8 cm³/mol. The first-order chi connectivity index (χ1) is 11.0. The van der Waals surface area contributed by atoms with Gasteiger partial charge in [-0.25, -0.2) is 23.5 Å². The van der Waals surface area contributed by atoms with Gasteiger partial charge in [-0.2, -0.15) is 0 Å². The highest BCUT2D eigenvalue weighted by molar-refractivity contribution is 7.67. The van der Waals surface area contributed by atoms with Crippen LogP contribution in [0.25, 0.3) is 11.2 Å². The van der Waals surface area contributed by atoms with Crippen LogP contribution in [0.5, 0.6) is 0 Å². The van der Waals surface area contributed by atoms with E-state index in [1.807, 2.05) is 26.0 Å². The number of nitrogens with one attached hydrogen (secondary N) is 1. The van der Waals surface area contributed by atoms with Gasteiger partial charge < -0.3 is 10.7 Å². The third kappa shape index (κ3) is 2.57. The monoisotopic (exact) mass is 329 g/mol. The number of fused-ring (bicyclic) bond motifs is 1. The van der Waals surface area contributed by atoms with E-state index in [2.05, 4.69) is 15.0 Å². The van der Waals surface area contributed by atoms with Crippen molar-refractivity contribution in [1.82, 2.24) is 19.5 Å². The van der Waals surface area contributed by atoms with E-state index in [0.717, 1.165) is 5.56 Å². The highest BCUT2D eigenvalue weighted by atomic mass is 32.1. The van der Waals surface area contributed by atoms with E-state index in [4.69, 9.17) is 5.73 Å². The van der Waals surface area contributed by atoms with Gasteiger partial charge in [0.15, 0.2) is 16.5 Å². The van der Waals surface area contributed by atoms with E-state index in [9.17, 15) is 9.00 Å². The van der Waals surface area contributed by atoms with Crippen LogP contribution in [-0.2, 0) is 17.7 Å². The maximum Gasteiger partial charge on any atom is 0.333 e. The second-order valence-corrected chi connectivity index (χ2v) is 5.65. The number of hydrogen-bond acceptors (Lipinski definition) is 5. The summed E-state index contributed by atoms with van der Waals surface area (Å²) in [5.41, 5.74) is 7.79. The molecule has 0 saturated carbocycles. The summed E-state index contributed by atoms with van der Waals surface area (Å²) in [4.78, 5) is 23.7. The van der Waals surface area contributed by atoms with E-state index in [0.29, 0.717) is 29.0 Å². The van der Waals surface area contributed by atoms with Crippen LogP contribution in [0, 0.1) is 6.92 Å². The zero-order chi connectivity index (χ0) is 16.6. The first-order valence-corrected chi connectivity index (χ1v) is 7.80. The van der Waals surface area contributed by atoms with Crippen molar-refractivity contribution in [1.29, 1.82) is 0 Å². The molecule has 2 heterocycles. The van der Waals surface area contributed by atoms with Crippen LogP contribution in [0.1, 0.15) is 23.9 Å². The molecule has 0 aliphatic heterocycles. The Morgan fingerprint density at radius 2 is 2.00 bits per heavy atom. The molecule has 1 aromatic carbocycles. The van der Waals surface area contributed by atoms with Gasteiger partial charge in [-0.1, -0.05) is 36.8 Å². The molecule has 0 saturated heterocycles. The number of imidazole rings is 1. The minimum Gasteiger partial charge on any atom is -0.382 e. The zero-order valence-electron chi connectivity index (χ0n) is 12.7. The van der Waals surface area contributed by atoms with Crippen LogP contribution in [-0.4, -0.2) is 28.7 Å². The second-order valence-electron chi connectivity index (χ2n) is 5.10. The van der Waals surface area contributed by atoms with Gasteiger partial charge in [-0.3, -0.25) is 0 Å². The van der Waals surface area contributed by atoms with Crippen molar-refractivity contribution in [2.24, 2.45) is 0 Å². The van der Waals surface area contributed by atoms with E-state index < -0.39 is 5.69 Å². The molecule has 23 heavy (non-hydrogen) atoms. The van der Waals surface area contributed by atoms with E-state index in [-0.39, 0.29) is 22.1 Å². The number of nitrogen functional groups attached to an aromatic ring is 1. The summed E-state index contributed by atoms with van der Waals surface area (Å²) in [5.74, 6) is 0.712. The highest BCUT2D eigenvalue weighted by Gasteiger charge is 2.18. The van der Waals surface area contributed by atoms with Gasteiger partial charge >= 0.3 is 5.69 Å². The lowest BCUT2D eigenvalue weighted by atomic mass is 10.1. The Kier molecular flexibility index (Phi) is 3.83. The first-order valence-electron chi connectivity index (χ1n) is 7.06. The molecule has 0 aliphatic rings. The average molecular weight is 329 g/mol. The fourth-order valence-electron chi connectivity index (χ4n) is 2.31. The molecule has 0 spiro atoms. The van der Waals surface area contributed by atoms with E-state index in [1.165, 1.54) is 4.57 Å². The van der Waals surface area contributed by atoms with Crippen molar-refractivity contribution >= 4 is 33.2 Å². The van der Waals surface area contributed by atoms with Crippen LogP contribution >= 0.6 is 0 Å². The third-order valence-corrected chi connectivity index (χ3v) is 4.08. The summed E-state index contributed by atoms with van der Waals surface area (Å²) < 4.78 is 12.9. The number of hydrogen-bond donors (Lipinski definition) is 2. The van der Waals surface area contributed by atoms with Gasteiger partial charge in [-0.15, -0.1) is 0 Å². The molecule has 8 heteroatoms. The molecular formula is C15H15N5O2S. The van der Waals surface area contributed by atoms with Crippen LogP contribution < -0.4 is 11.4 Å². The van der Waals surface area contributed by atoms with Crippen LogP contribution in [0.2, 0.25) is 0 Å². The lowest BCUT2D eigenvalue weighted by molar-refractivity contribution is 0.700. The zero-order valence-corrected chi connectivity index (χ0v) is 13.5. The Balaban J connectivity index is 2.32. The molecule has 0 aliphatic carbocycles. The van der Waals surface area contributed by atoms with E-state index >= 15 is 0 Å². The minimum atomic E-state index is -0.465. The number of anilines is 1. The lowest BCUT2D eigenvalue weighted by Crippen LogP contribution is -2.26. The molecule has 0 atom stereocenters. The standard InChI is InChI=1S/C15H15N5O2S/c1-3-10-17-12(16)11-13(18-10)20(15(21)19-11)14(23-22)9-6-4-8(2)5-7-9/h4-7H,3H2,1-2H3,(H,19,21)(H2,16,17,18). The molecule has 118 valence electrons. The number of aromatic nitrogens is 4. The van der Waals surface area contributed by atoms with Gasteiger partial charge in [0.1, 0.15) is 22.6 Å². The van der Waals surface area contributed by atoms with Gasteiger partial charge in [0.05, 0.1) is 0 Å². The SMILES string of the molecule is CCc1nc(N)c2[nH]c(=O)n(C(=S=O)c3ccc(C)cc3)c2n1. The summed E-state index contributed by atoms with van der Waals surface area (Å²) in [7, 11) is 0. The number of nitrogens with zero attached hydrogens (tertiary/aromatic N) is 3. The fourth-order valence-corrected chi connectivity index (χ4v) is 2.79. The summed E-state index contributed by atoms with van der Waals surface area (Å²) >= 11 is 0.243. The quantitative estimate of drug-likeness (QED) is 0.677. The molecule has 2 aromatic heterocycles. The average Bonchev–Trinajstić information content (AvgIpc) is 2.87. The number of nitrogens with two attached hydrogens (primary N) is 1. The van der Waals surface area contributed by atoms with Gasteiger partial charge in [-0.05, 0) is 6.92 Å². The lowest BCUT2D eigenvalue weighted by Gasteiger charge is -2.06. The van der Waals surface area contributed by atoms with Crippen LogP contribution in [0.4, 0.5) is 5.82 Å². The van der Waals surface area contributed by atoms with E-state index in [1.54, 1.807) is 12.1 Å². The number of aryl methyl sites for hydroxylation is 2. The molecule has 0 fully saturated rings. The highest BCUT2D eigenvalue weighted by Crippen LogP contribution is 2.16. The summed E-state index contributed by atoms with van der Waals surface area (Å²) in [6.45, 7) is 3.84. The molecule has 3 N–H and O–H groups in total. The Hall–Kier alpha value is -2.74. The topological polar surface area (TPSA) is 107 Å². The molecule has 0 amide bonds. The van der Waals surface area contributed by atoms with Crippen molar-refractivity contribution in [3.63, 3.8) is 0 Å². The maximum atomic E-state index is 12.3. The van der Waals surface area contributed by atoms with Crippen molar-refractivity contribution < 1.29 is 4.21 Å². The van der Waals surface area contributed by atoms with Crippen molar-refractivity contribution in [2.45, 2.75) is 20.3 Å². The molecule has 0 unspecified atom stereocenters. The Morgan fingerprint density at radius 3 is 2.61 bits per heavy atom. The number of aromatic amines is 1. The Labute approximate surface area is 135 Å². The van der Waals surface area contributed by atoms with Gasteiger partial charge in [0.25, 0.3) is 0 Å². The van der Waals surface area contributed by atoms with Crippen molar-refractivity contribution in [3.05, 3.63) is 51.7 Å². The summed E-state index contributed by atoms with van der Waals surface area (Å²) in [6.07, 6.45) is 0.573. The molecule has 7 nitrogen and oxygen atoms in total. The summed E-state index contributed by atoms with van der Waals surface area (Å²) in [6, 6.07) is 7.36. The molecule has 0 radical (unpaired) electrons. The molecular weight excluding hydrogens is 314 g/mol. The normalized spacial score (nSPS) is 10.9. The number of rotatable bonds is 2. The Bertz CT molecular complexity index is 997. The van der Waals surface area contributed by atoms with Crippen LogP contribution in [0.15, 0.2) is 29.1 Å². The molecule has 3 rings (SSSR count). The second kappa shape index (κ2) is 5.81. The number of H-pyrrole nitrogens is 1. The smallest absolute Gasteiger partial charge is 0.333 e.